The minimum absolute atomic E-state index is 0.00855. The van der Waals surface area contributed by atoms with Gasteiger partial charge in [-0.3, -0.25) is 9.54 Å². The number of methoxy groups -OCH3 is 1. The van der Waals surface area contributed by atoms with Gasteiger partial charge in [0.25, 0.3) is 0 Å². The molecule has 1 aromatic carbocycles. The summed E-state index contributed by atoms with van der Waals surface area (Å²) in [5.74, 6) is -1.02. The number of pyridine rings is 1. The highest BCUT2D eigenvalue weighted by molar-refractivity contribution is 7.76. The number of hydrogen-bond donors (Lipinski definition) is 1. The van der Waals surface area contributed by atoms with Crippen molar-refractivity contribution in [2.45, 2.75) is 13.0 Å². The molecule has 134 valence electrons. The summed E-state index contributed by atoms with van der Waals surface area (Å²) in [5, 5.41) is 0.00855. The fourth-order valence-corrected chi connectivity index (χ4v) is 2.79. The van der Waals surface area contributed by atoms with Gasteiger partial charge < -0.3 is 4.74 Å². The molecule has 25 heavy (non-hydrogen) atoms. The van der Waals surface area contributed by atoms with Crippen molar-refractivity contribution in [2.24, 2.45) is 0 Å². The van der Waals surface area contributed by atoms with Gasteiger partial charge in [-0.25, -0.2) is 13.4 Å². The molecule has 9 heteroatoms. The first-order valence-electron chi connectivity index (χ1n) is 7.24. The number of ether oxygens (including phenoxy) is 1. The molecule has 0 saturated heterocycles. The molecule has 0 spiro atoms. The van der Waals surface area contributed by atoms with Crippen LogP contribution in [0.3, 0.4) is 0 Å². The van der Waals surface area contributed by atoms with E-state index in [1.807, 2.05) is 0 Å². The number of carbonyl (C=O) groups is 1. The van der Waals surface area contributed by atoms with Gasteiger partial charge >= 0.3 is 5.97 Å². The second kappa shape index (κ2) is 9.00. The molecule has 6 nitrogen and oxygen atoms in total. The van der Waals surface area contributed by atoms with Gasteiger partial charge in [0, 0.05) is 12.7 Å². The Hall–Kier alpha value is -1.87. The molecular weight excluding hydrogens is 371 g/mol. The van der Waals surface area contributed by atoms with E-state index >= 15 is 0 Å². The van der Waals surface area contributed by atoms with Crippen LogP contribution in [0.2, 0.25) is 5.02 Å². The second-order valence-corrected chi connectivity index (χ2v) is 6.51. The Morgan fingerprint density at radius 1 is 1.40 bits per heavy atom. The monoisotopic (exact) mass is 386 g/mol. The standard InChI is InChI=1S/C16H16ClFN2O4S/c1-24-16(21)12-3-4-13(19-9-12)10-20(25(22)23)7-6-11-2-5-15(18)14(17)8-11/h2-5,8-9H,6-7,10H2,1H3,(H,22,23). The van der Waals surface area contributed by atoms with Crippen LogP contribution in [0, 0.1) is 5.82 Å². The van der Waals surface area contributed by atoms with E-state index in [1.54, 1.807) is 12.1 Å². The fourth-order valence-electron chi connectivity index (χ4n) is 2.10. The van der Waals surface area contributed by atoms with E-state index in [-0.39, 0.29) is 18.1 Å². The maximum atomic E-state index is 13.2. The normalized spacial score (nSPS) is 12.2. The quantitative estimate of drug-likeness (QED) is 0.584. The van der Waals surface area contributed by atoms with Crippen LogP contribution in [0.1, 0.15) is 21.6 Å². The number of nitrogens with zero attached hydrogens (tertiary/aromatic N) is 2. The average Bonchev–Trinajstić information content (AvgIpc) is 2.61. The van der Waals surface area contributed by atoms with Gasteiger partial charge in [0.1, 0.15) is 5.82 Å². The molecule has 0 fully saturated rings. The van der Waals surface area contributed by atoms with Crippen molar-refractivity contribution in [2.75, 3.05) is 13.7 Å². The summed E-state index contributed by atoms with van der Waals surface area (Å²) in [5.41, 5.74) is 1.56. The third-order valence-electron chi connectivity index (χ3n) is 3.44. The smallest absolute Gasteiger partial charge is 0.339 e. The second-order valence-electron chi connectivity index (χ2n) is 5.12. The summed E-state index contributed by atoms with van der Waals surface area (Å²) >= 11 is 3.52. The van der Waals surface area contributed by atoms with Crippen LogP contribution < -0.4 is 0 Å². The van der Waals surface area contributed by atoms with Gasteiger partial charge in [-0.2, -0.15) is 4.31 Å². The predicted molar refractivity (Wildman–Crippen MR) is 91.9 cm³/mol. The van der Waals surface area contributed by atoms with Gasteiger partial charge in [0.15, 0.2) is 0 Å². The Labute approximate surface area is 152 Å². The number of aromatic nitrogens is 1. The van der Waals surface area contributed by atoms with E-state index in [1.165, 1.54) is 35.8 Å². The molecule has 1 unspecified atom stereocenters. The minimum Gasteiger partial charge on any atom is -0.465 e. The third kappa shape index (κ3) is 5.57. The zero-order chi connectivity index (χ0) is 18.4. The molecule has 0 bridgehead atoms. The minimum atomic E-state index is -2.21. The molecular formula is C16H16ClFN2O4S. The summed E-state index contributed by atoms with van der Waals surface area (Å²) < 4.78 is 40.0. The summed E-state index contributed by atoms with van der Waals surface area (Å²) in [4.78, 5) is 15.5. The number of benzene rings is 1. The highest BCUT2D eigenvalue weighted by atomic mass is 35.5. The first-order chi connectivity index (χ1) is 11.9. The zero-order valence-electron chi connectivity index (χ0n) is 13.3. The Kier molecular flexibility index (Phi) is 7.01. The highest BCUT2D eigenvalue weighted by Crippen LogP contribution is 2.17. The van der Waals surface area contributed by atoms with E-state index in [4.69, 9.17) is 11.6 Å². The van der Waals surface area contributed by atoms with Crippen LogP contribution >= 0.6 is 11.6 Å². The van der Waals surface area contributed by atoms with Gasteiger partial charge in [-0.05, 0) is 36.2 Å². The maximum absolute atomic E-state index is 13.2. The molecule has 0 radical (unpaired) electrons. The Bertz CT molecular complexity index is 773. The van der Waals surface area contributed by atoms with Crippen LogP contribution in [0.15, 0.2) is 36.5 Å². The molecule has 1 aromatic heterocycles. The van der Waals surface area contributed by atoms with Gasteiger partial charge in [-0.1, -0.05) is 17.7 Å². The number of esters is 1. The van der Waals surface area contributed by atoms with Crippen molar-refractivity contribution in [1.82, 2.24) is 9.29 Å². The maximum Gasteiger partial charge on any atom is 0.339 e. The lowest BCUT2D eigenvalue weighted by Crippen LogP contribution is -2.28. The van der Waals surface area contributed by atoms with Crippen molar-refractivity contribution < 1.29 is 22.7 Å². The van der Waals surface area contributed by atoms with Crippen molar-refractivity contribution in [1.29, 1.82) is 0 Å². The summed E-state index contributed by atoms with van der Waals surface area (Å²) in [6, 6.07) is 7.43. The van der Waals surface area contributed by atoms with Crippen LogP contribution in [0.25, 0.3) is 0 Å². The van der Waals surface area contributed by atoms with E-state index in [2.05, 4.69) is 9.72 Å². The summed E-state index contributed by atoms with van der Waals surface area (Å²) in [7, 11) is 1.27. The molecule has 0 saturated carbocycles. The lowest BCUT2D eigenvalue weighted by atomic mass is 10.1. The molecule has 0 aliphatic carbocycles. The van der Waals surface area contributed by atoms with Gasteiger partial charge in [-0.15, -0.1) is 0 Å². The molecule has 1 heterocycles. The molecule has 0 aliphatic rings. The molecule has 2 aromatic rings. The first-order valence-corrected chi connectivity index (χ1v) is 8.68. The van der Waals surface area contributed by atoms with Crippen LogP contribution in [-0.4, -0.2) is 37.7 Å². The highest BCUT2D eigenvalue weighted by Gasteiger charge is 2.14. The van der Waals surface area contributed by atoms with Crippen molar-refractivity contribution in [3.05, 3.63) is 64.2 Å². The Balaban J connectivity index is 2.01. The van der Waals surface area contributed by atoms with Crippen molar-refractivity contribution in [3.63, 3.8) is 0 Å². The van der Waals surface area contributed by atoms with E-state index in [0.717, 1.165) is 5.56 Å². The number of hydrogen-bond acceptors (Lipinski definition) is 4. The van der Waals surface area contributed by atoms with E-state index in [0.29, 0.717) is 17.7 Å². The largest absolute Gasteiger partial charge is 0.465 e. The summed E-state index contributed by atoms with van der Waals surface area (Å²) in [6.45, 7) is 0.352. The molecule has 1 N–H and O–H groups in total. The Morgan fingerprint density at radius 2 is 2.16 bits per heavy atom. The number of rotatable bonds is 7. The molecule has 1 atom stereocenters. The van der Waals surface area contributed by atoms with Crippen LogP contribution in [-0.2, 0) is 29.0 Å². The van der Waals surface area contributed by atoms with Crippen molar-refractivity contribution in [3.8, 4) is 0 Å². The Morgan fingerprint density at radius 3 is 2.72 bits per heavy atom. The van der Waals surface area contributed by atoms with Gasteiger partial charge in [0.05, 0.1) is 29.9 Å². The lowest BCUT2D eigenvalue weighted by Gasteiger charge is -2.17. The average molecular weight is 387 g/mol. The predicted octanol–water partition coefficient (Wildman–Crippen LogP) is 2.84. The van der Waals surface area contributed by atoms with Gasteiger partial charge in [0.2, 0.25) is 11.3 Å². The van der Waals surface area contributed by atoms with Crippen LogP contribution in [0.4, 0.5) is 4.39 Å². The molecule has 0 aliphatic heterocycles. The van der Waals surface area contributed by atoms with E-state index < -0.39 is 23.1 Å². The molecule has 0 amide bonds. The molecule has 2 rings (SSSR count). The topological polar surface area (TPSA) is 79.7 Å². The number of halogens is 2. The zero-order valence-corrected chi connectivity index (χ0v) is 14.9. The first kappa shape index (κ1) is 19.5. The lowest BCUT2D eigenvalue weighted by molar-refractivity contribution is 0.0600. The summed E-state index contributed by atoms with van der Waals surface area (Å²) in [6.07, 6.45) is 1.76. The third-order valence-corrected chi connectivity index (χ3v) is 4.48. The van der Waals surface area contributed by atoms with Crippen molar-refractivity contribution >= 4 is 28.8 Å². The fraction of sp³-hybridized carbons (Fsp3) is 0.250. The SMILES string of the molecule is COC(=O)c1ccc(CN(CCc2ccc(F)c(Cl)c2)S(=O)O)nc1. The number of carbonyl (C=O) groups excluding carboxylic acids is 1. The van der Waals surface area contributed by atoms with Crippen LogP contribution in [0.5, 0.6) is 0 Å². The van der Waals surface area contributed by atoms with E-state index in [9.17, 15) is 17.9 Å².